The first-order chi connectivity index (χ1) is 14.2. The normalized spacial score (nSPS) is 17.5. The number of nitrogens with zero attached hydrogens (tertiary/aromatic N) is 3. The van der Waals surface area contributed by atoms with Gasteiger partial charge in [0.1, 0.15) is 5.75 Å². The van der Waals surface area contributed by atoms with Crippen LogP contribution in [0.1, 0.15) is 36.5 Å². The number of carbonyl (C=O) groups is 2. The summed E-state index contributed by atoms with van der Waals surface area (Å²) in [6.45, 7) is 6.41. The Morgan fingerprint density at radius 1 is 0.828 bits per heavy atom. The maximum Gasteiger partial charge on any atom is 0.320 e. The van der Waals surface area contributed by atoms with Gasteiger partial charge in [-0.25, -0.2) is 4.79 Å². The Morgan fingerprint density at radius 2 is 1.41 bits per heavy atom. The summed E-state index contributed by atoms with van der Waals surface area (Å²) in [6.07, 6.45) is 3.39. The molecule has 2 saturated heterocycles. The molecule has 0 aliphatic carbocycles. The van der Waals surface area contributed by atoms with Gasteiger partial charge in [-0.05, 0) is 49.1 Å². The zero-order valence-corrected chi connectivity index (χ0v) is 17.1. The Hall–Kier alpha value is -2.76. The molecule has 0 atom stereocenters. The van der Waals surface area contributed by atoms with Crippen molar-refractivity contribution in [2.24, 2.45) is 0 Å². The zero-order valence-electron chi connectivity index (χ0n) is 17.1. The van der Waals surface area contributed by atoms with Gasteiger partial charge in [0, 0.05) is 39.3 Å². The largest absolute Gasteiger partial charge is 0.493 e. The van der Waals surface area contributed by atoms with Gasteiger partial charge >= 0.3 is 6.03 Å². The number of piperidine rings is 1. The number of rotatable bonds is 3. The predicted octanol–water partition coefficient (Wildman–Crippen LogP) is 3.60. The van der Waals surface area contributed by atoms with E-state index < -0.39 is 0 Å². The molecule has 2 aliphatic heterocycles. The number of fused-ring (bicyclic) bond motifs is 1. The van der Waals surface area contributed by atoms with Gasteiger partial charge in [-0.3, -0.25) is 4.79 Å². The van der Waals surface area contributed by atoms with Crippen molar-refractivity contribution in [3.63, 3.8) is 0 Å². The summed E-state index contributed by atoms with van der Waals surface area (Å²) in [7, 11) is 0. The van der Waals surface area contributed by atoms with Crippen LogP contribution in [-0.2, 0) is 0 Å². The average Bonchev–Trinajstić information content (AvgIpc) is 2.78. The molecule has 3 amide bonds. The molecule has 2 aliphatic rings. The van der Waals surface area contributed by atoms with Crippen LogP contribution in [0.25, 0.3) is 10.8 Å². The Morgan fingerprint density at radius 3 is 2.07 bits per heavy atom. The molecule has 2 aromatic carbocycles. The number of benzene rings is 2. The molecular formula is C23H29N3O3. The molecule has 2 aromatic rings. The third-order valence-corrected chi connectivity index (χ3v) is 5.84. The van der Waals surface area contributed by atoms with Crippen LogP contribution in [0.5, 0.6) is 5.75 Å². The lowest BCUT2D eigenvalue weighted by Crippen LogP contribution is -2.54. The highest BCUT2D eigenvalue weighted by Gasteiger charge is 2.29. The van der Waals surface area contributed by atoms with Crippen molar-refractivity contribution in [1.82, 2.24) is 14.7 Å². The van der Waals surface area contributed by atoms with E-state index in [4.69, 9.17) is 4.74 Å². The number of hydrogen-bond acceptors (Lipinski definition) is 3. The third kappa shape index (κ3) is 4.16. The van der Waals surface area contributed by atoms with Crippen molar-refractivity contribution in [3.8, 4) is 5.75 Å². The molecule has 154 valence electrons. The smallest absolute Gasteiger partial charge is 0.320 e. The summed E-state index contributed by atoms with van der Waals surface area (Å²) in [6, 6.07) is 12.0. The van der Waals surface area contributed by atoms with Crippen LogP contribution in [0.15, 0.2) is 36.4 Å². The van der Waals surface area contributed by atoms with Gasteiger partial charge in [0.05, 0.1) is 12.2 Å². The Labute approximate surface area is 172 Å². The van der Waals surface area contributed by atoms with Crippen molar-refractivity contribution < 1.29 is 14.3 Å². The summed E-state index contributed by atoms with van der Waals surface area (Å²) >= 11 is 0. The van der Waals surface area contributed by atoms with Crippen LogP contribution in [0.3, 0.4) is 0 Å². The van der Waals surface area contributed by atoms with E-state index in [-0.39, 0.29) is 11.9 Å². The highest BCUT2D eigenvalue weighted by molar-refractivity contribution is 6.01. The van der Waals surface area contributed by atoms with Crippen LogP contribution in [0.2, 0.25) is 0 Å². The van der Waals surface area contributed by atoms with E-state index >= 15 is 0 Å². The van der Waals surface area contributed by atoms with E-state index in [9.17, 15) is 9.59 Å². The molecule has 0 aromatic heterocycles. The number of ether oxygens (including phenoxy) is 1. The third-order valence-electron chi connectivity index (χ3n) is 5.84. The number of carbonyl (C=O) groups excluding carboxylic acids is 2. The van der Waals surface area contributed by atoms with Gasteiger partial charge < -0.3 is 19.4 Å². The standard InChI is InChI=1S/C23H29N3O3/c1-2-29-21-17-19-9-5-4-8-18(19)16-20(21)22(27)24-12-14-26(15-13-24)23(28)25-10-6-3-7-11-25/h4-5,8-9,16-17H,2-3,6-7,10-15H2,1H3. The maximum absolute atomic E-state index is 13.2. The van der Waals surface area contributed by atoms with Crippen LogP contribution >= 0.6 is 0 Å². The van der Waals surface area contributed by atoms with E-state index in [1.54, 1.807) is 0 Å². The summed E-state index contributed by atoms with van der Waals surface area (Å²) in [5.74, 6) is 0.604. The van der Waals surface area contributed by atoms with Crippen molar-refractivity contribution in [2.45, 2.75) is 26.2 Å². The Kier molecular flexibility index (Phi) is 5.88. The fourth-order valence-corrected chi connectivity index (χ4v) is 4.22. The van der Waals surface area contributed by atoms with Crippen molar-refractivity contribution >= 4 is 22.7 Å². The van der Waals surface area contributed by atoms with Crippen molar-refractivity contribution in [1.29, 1.82) is 0 Å². The summed E-state index contributed by atoms with van der Waals surface area (Å²) in [5, 5.41) is 2.09. The molecule has 0 N–H and O–H groups in total. The minimum atomic E-state index is -0.0238. The first-order valence-corrected chi connectivity index (χ1v) is 10.7. The Bertz CT molecular complexity index is 884. The second-order valence-corrected chi connectivity index (χ2v) is 7.74. The van der Waals surface area contributed by atoms with Gasteiger partial charge in [0.25, 0.3) is 5.91 Å². The quantitative estimate of drug-likeness (QED) is 0.798. The molecule has 0 bridgehead atoms. The van der Waals surface area contributed by atoms with Crippen LogP contribution in [0.4, 0.5) is 4.79 Å². The van der Waals surface area contributed by atoms with Crippen LogP contribution in [-0.4, -0.2) is 72.5 Å². The van der Waals surface area contributed by atoms with Crippen molar-refractivity contribution in [3.05, 3.63) is 42.0 Å². The number of amides is 3. The average molecular weight is 396 g/mol. The molecule has 4 rings (SSSR count). The first kappa shape index (κ1) is 19.6. The highest BCUT2D eigenvalue weighted by atomic mass is 16.5. The number of hydrogen-bond donors (Lipinski definition) is 0. The molecule has 2 heterocycles. The van der Waals surface area contributed by atoms with Gasteiger partial charge in [0.2, 0.25) is 0 Å². The van der Waals surface area contributed by atoms with Gasteiger partial charge in [0.15, 0.2) is 0 Å². The molecule has 0 saturated carbocycles. The molecule has 0 radical (unpaired) electrons. The van der Waals surface area contributed by atoms with E-state index in [0.29, 0.717) is 44.1 Å². The minimum Gasteiger partial charge on any atom is -0.493 e. The topological polar surface area (TPSA) is 53.1 Å². The Balaban J connectivity index is 1.46. The summed E-state index contributed by atoms with van der Waals surface area (Å²) in [5.41, 5.74) is 0.598. The number of urea groups is 1. The lowest BCUT2D eigenvalue weighted by molar-refractivity contribution is 0.0629. The lowest BCUT2D eigenvalue weighted by Gasteiger charge is -2.38. The maximum atomic E-state index is 13.2. The van der Waals surface area contributed by atoms with Crippen molar-refractivity contribution in [2.75, 3.05) is 45.9 Å². The monoisotopic (exact) mass is 395 g/mol. The van der Waals surface area contributed by atoms with E-state index in [1.807, 2.05) is 58.0 Å². The first-order valence-electron chi connectivity index (χ1n) is 10.7. The van der Waals surface area contributed by atoms with E-state index in [0.717, 1.165) is 36.7 Å². The fourth-order valence-electron chi connectivity index (χ4n) is 4.22. The lowest BCUT2D eigenvalue weighted by atomic mass is 10.0. The van der Waals surface area contributed by atoms with E-state index in [2.05, 4.69) is 0 Å². The second-order valence-electron chi connectivity index (χ2n) is 7.74. The summed E-state index contributed by atoms with van der Waals surface area (Å²) < 4.78 is 5.78. The predicted molar refractivity (Wildman–Crippen MR) is 113 cm³/mol. The number of piperazine rings is 1. The SMILES string of the molecule is CCOc1cc2ccccc2cc1C(=O)N1CCN(C(=O)N2CCCCC2)CC1. The molecule has 0 spiro atoms. The molecule has 0 unspecified atom stereocenters. The minimum absolute atomic E-state index is 0.0238. The van der Waals surface area contributed by atoms with Gasteiger partial charge in [-0.1, -0.05) is 24.3 Å². The fraction of sp³-hybridized carbons (Fsp3) is 0.478. The molecule has 6 heteroatoms. The summed E-state index contributed by atoms with van der Waals surface area (Å²) in [4.78, 5) is 31.6. The van der Waals surface area contributed by atoms with Gasteiger partial charge in [-0.2, -0.15) is 0 Å². The second kappa shape index (κ2) is 8.72. The highest BCUT2D eigenvalue weighted by Crippen LogP contribution is 2.28. The molecule has 29 heavy (non-hydrogen) atoms. The zero-order chi connectivity index (χ0) is 20.2. The van der Waals surface area contributed by atoms with Crippen LogP contribution in [0, 0.1) is 0 Å². The van der Waals surface area contributed by atoms with Gasteiger partial charge in [-0.15, -0.1) is 0 Å². The van der Waals surface area contributed by atoms with E-state index in [1.165, 1.54) is 6.42 Å². The molecule has 2 fully saturated rings. The molecule has 6 nitrogen and oxygen atoms in total. The van der Waals surface area contributed by atoms with Crippen LogP contribution < -0.4 is 4.74 Å². The number of likely N-dealkylation sites (tertiary alicyclic amines) is 1. The molecular weight excluding hydrogens is 366 g/mol.